The smallest absolute Gasteiger partial charge is 0.332 e. The van der Waals surface area contributed by atoms with Gasteiger partial charge in [0.25, 0.3) is 0 Å². The van der Waals surface area contributed by atoms with E-state index in [1.54, 1.807) is 0 Å². The van der Waals surface area contributed by atoms with Crippen LogP contribution in [0.4, 0.5) is 0 Å². The Hall–Kier alpha value is -1.40. The molecule has 2 unspecified atom stereocenters. The lowest BCUT2D eigenvalue weighted by molar-refractivity contribution is -0.140. The zero-order valence-corrected chi connectivity index (χ0v) is 20.6. The summed E-state index contributed by atoms with van der Waals surface area (Å²) >= 11 is 0. The van der Waals surface area contributed by atoms with E-state index in [1.807, 2.05) is 0 Å². The zero-order chi connectivity index (χ0) is 23.4. The summed E-state index contributed by atoms with van der Waals surface area (Å²) in [7, 11) is 4.12. The first-order valence-electron chi connectivity index (χ1n) is 11.1. The normalized spacial score (nSPS) is 31.7. The predicted octanol–water partition coefficient (Wildman–Crippen LogP) is 3.97. The maximum atomic E-state index is 12.7. The molecule has 0 aromatic carbocycles. The summed E-state index contributed by atoms with van der Waals surface area (Å²) in [5.74, 6) is -2.83. The van der Waals surface area contributed by atoms with Gasteiger partial charge >= 0.3 is 11.9 Å². The van der Waals surface area contributed by atoms with Gasteiger partial charge in [0.2, 0.25) is 0 Å². The van der Waals surface area contributed by atoms with Crippen LogP contribution in [0.2, 0.25) is 0 Å². The summed E-state index contributed by atoms with van der Waals surface area (Å²) < 4.78 is 0. The maximum absolute atomic E-state index is 12.7. The molecule has 2 fully saturated rings. The molecule has 2 aliphatic rings. The Morgan fingerprint density at radius 3 is 1.17 bits per heavy atom. The predicted molar refractivity (Wildman–Crippen MR) is 119 cm³/mol. The number of hydrogen-bond acceptors (Lipinski definition) is 4. The van der Waals surface area contributed by atoms with Crippen molar-refractivity contribution < 1.29 is 19.8 Å². The van der Waals surface area contributed by atoms with Crippen molar-refractivity contribution in [3.8, 4) is 0 Å². The van der Waals surface area contributed by atoms with E-state index in [2.05, 4.69) is 79.3 Å². The van der Waals surface area contributed by atoms with Crippen molar-refractivity contribution in [2.75, 3.05) is 27.2 Å². The molecule has 0 aromatic heterocycles. The SMILES string of the molecule is CN1CCC(C(C(=O)O)=C(C(=O)O)C2CCN(C)C(C)(C)C2(C)C)C(C)(C)C1(C)C. The Morgan fingerprint density at radius 1 is 0.667 bits per heavy atom. The van der Waals surface area contributed by atoms with Crippen LogP contribution in [-0.4, -0.2) is 70.2 Å². The van der Waals surface area contributed by atoms with Gasteiger partial charge < -0.3 is 20.0 Å². The average Bonchev–Trinajstić information content (AvgIpc) is 2.58. The first-order valence-corrected chi connectivity index (χ1v) is 11.1. The second-order valence-corrected chi connectivity index (χ2v) is 11.5. The fourth-order valence-corrected chi connectivity index (χ4v) is 5.68. The van der Waals surface area contributed by atoms with Crippen LogP contribution in [0.1, 0.15) is 68.2 Å². The number of carbonyl (C=O) groups is 2. The van der Waals surface area contributed by atoms with Crippen molar-refractivity contribution in [3.63, 3.8) is 0 Å². The number of rotatable bonds is 4. The second-order valence-electron chi connectivity index (χ2n) is 11.5. The molecule has 0 saturated carbocycles. The Balaban J connectivity index is 2.75. The molecule has 0 spiro atoms. The molecule has 2 saturated heterocycles. The summed E-state index contributed by atoms with van der Waals surface area (Å²) in [5.41, 5.74) is -1.10. The van der Waals surface area contributed by atoms with E-state index >= 15 is 0 Å². The van der Waals surface area contributed by atoms with Crippen LogP contribution >= 0.6 is 0 Å². The van der Waals surface area contributed by atoms with Crippen molar-refractivity contribution in [1.29, 1.82) is 0 Å². The summed E-state index contributed by atoms with van der Waals surface area (Å²) in [5, 5.41) is 20.7. The maximum Gasteiger partial charge on any atom is 0.332 e. The molecular weight excluding hydrogens is 380 g/mol. The number of carboxylic acid groups (broad SMARTS) is 2. The molecule has 2 N–H and O–H groups in total. The third-order valence-electron chi connectivity index (χ3n) is 9.76. The number of hydrogen-bond donors (Lipinski definition) is 2. The highest BCUT2D eigenvalue weighted by atomic mass is 16.4. The topological polar surface area (TPSA) is 81.1 Å². The Morgan fingerprint density at radius 2 is 0.933 bits per heavy atom. The minimum atomic E-state index is -1.08. The summed E-state index contributed by atoms with van der Waals surface area (Å²) in [6.07, 6.45) is 1.28. The van der Waals surface area contributed by atoms with Gasteiger partial charge in [-0.1, -0.05) is 27.7 Å². The molecule has 0 aromatic rings. The van der Waals surface area contributed by atoms with Gasteiger partial charge in [0.15, 0.2) is 0 Å². The number of likely N-dealkylation sites (tertiary alicyclic amines) is 2. The van der Waals surface area contributed by atoms with Crippen molar-refractivity contribution >= 4 is 11.9 Å². The number of carboxylic acids is 2. The Labute approximate surface area is 182 Å². The highest BCUT2D eigenvalue weighted by molar-refractivity contribution is 6.00. The van der Waals surface area contributed by atoms with Crippen LogP contribution < -0.4 is 0 Å². The molecule has 2 aliphatic heterocycles. The quantitative estimate of drug-likeness (QED) is 0.668. The van der Waals surface area contributed by atoms with Crippen molar-refractivity contribution in [2.24, 2.45) is 22.7 Å². The van der Waals surface area contributed by atoms with Gasteiger partial charge in [-0.25, -0.2) is 9.59 Å². The first-order chi connectivity index (χ1) is 13.4. The van der Waals surface area contributed by atoms with Crippen LogP contribution in [0.25, 0.3) is 0 Å². The standard InChI is InChI=1S/C24H42N2O4/c1-21(2)15(11-13-25(9)23(21,5)6)17(19(27)28)18(20(29)30)16-12-14-26(10)24(7,8)22(16,3)4/h15-16H,11-14H2,1-10H3,(H,27,28)(H,29,30). The lowest BCUT2D eigenvalue weighted by Crippen LogP contribution is -2.62. The number of piperidine rings is 2. The second kappa shape index (κ2) is 7.63. The molecule has 6 nitrogen and oxygen atoms in total. The molecule has 0 bridgehead atoms. The van der Waals surface area contributed by atoms with E-state index in [4.69, 9.17) is 0 Å². The van der Waals surface area contributed by atoms with Crippen LogP contribution in [-0.2, 0) is 9.59 Å². The largest absolute Gasteiger partial charge is 0.478 e. The van der Waals surface area contributed by atoms with Gasteiger partial charge in [-0.3, -0.25) is 0 Å². The van der Waals surface area contributed by atoms with E-state index in [9.17, 15) is 19.8 Å². The van der Waals surface area contributed by atoms with Crippen LogP contribution in [0.3, 0.4) is 0 Å². The van der Waals surface area contributed by atoms with Crippen LogP contribution in [0.15, 0.2) is 11.1 Å². The molecule has 172 valence electrons. The third kappa shape index (κ3) is 3.50. The van der Waals surface area contributed by atoms with Crippen molar-refractivity contribution in [1.82, 2.24) is 9.80 Å². The van der Waals surface area contributed by atoms with E-state index < -0.39 is 22.8 Å². The molecule has 0 amide bonds. The Bertz CT molecular complexity index is 686. The summed E-state index contributed by atoms with van der Waals surface area (Å²) in [6.45, 7) is 18.3. The average molecular weight is 423 g/mol. The van der Waals surface area contributed by atoms with E-state index in [1.165, 1.54) is 0 Å². The van der Waals surface area contributed by atoms with Gasteiger partial charge in [-0.15, -0.1) is 0 Å². The van der Waals surface area contributed by atoms with Crippen molar-refractivity contribution in [3.05, 3.63) is 11.1 Å². The highest BCUT2D eigenvalue weighted by Crippen LogP contribution is 2.54. The third-order valence-corrected chi connectivity index (χ3v) is 9.76. The summed E-state index contributed by atoms with van der Waals surface area (Å²) in [6, 6.07) is 0. The molecule has 6 heteroatoms. The lowest BCUT2D eigenvalue weighted by Gasteiger charge is -2.58. The van der Waals surface area contributed by atoms with E-state index in [-0.39, 0.29) is 34.1 Å². The van der Waals surface area contributed by atoms with Gasteiger partial charge in [-0.05, 0) is 90.4 Å². The Kier molecular flexibility index (Phi) is 6.32. The zero-order valence-electron chi connectivity index (χ0n) is 20.6. The number of nitrogens with zero attached hydrogens (tertiary/aromatic N) is 2. The molecular formula is C24H42N2O4. The minimum Gasteiger partial charge on any atom is -0.478 e. The minimum absolute atomic E-state index is 0.118. The monoisotopic (exact) mass is 422 g/mol. The van der Waals surface area contributed by atoms with Gasteiger partial charge in [0.1, 0.15) is 0 Å². The molecule has 2 rings (SSSR count). The highest BCUT2D eigenvalue weighted by Gasteiger charge is 2.55. The lowest BCUT2D eigenvalue weighted by atomic mass is 9.55. The van der Waals surface area contributed by atoms with E-state index in [0.29, 0.717) is 12.8 Å². The van der Waals surface area contributed by atoms with Gasteiger partial charge in [0.05, 0.1) is 11.1 Å². The van der Waals surface area contributed by atoms with Crippen LogP contribution in [0, 0.1) is 22.7 Å². The van der Waals surface area contributed by atoms with Crippen molar-refractivity contribution in [2.45, 2.75) is 79.3 Å². The molecule has 0 radical (unpaired) electrons. The molecule has 30 heavy (non-hydrogen) atoms. The molecule has 2 heterocycles. The fraction of sp³-hybridized carbons (Fsp3) is 0.833. The molecule has 0 aliphatic carbocycles. The fourth-order valence-electron chi connectivity index (χ4n) is 5.68. The summed E-state index contributed by atoms with van der Waals surface area (Å²) in [4.78, 5) is 29.8. The first kappa shape index (κ1) is 24.9. The van der Waals surface area contributed by atoms with Gasteiger partial charge in [-0.2, -0.15) is 0 Å². The van der Waals surface area contributed by atoms with E-state index in [0.717, 1.165) is 13.1 Å². The molecule has 2 atom stereocenters. The number of aliphatic carboxylic acids is 2. The van der Waals surface area contributed by atoms with Gasteiger partial charge in [0, 0.05) is 11.1 Å². The van der Waals surface area contributed by atoms with Crippen LogP contribution in [0.5, 0.6) is 0 Å².